The Labute approximate surface area is 127 Å². The van der Waals surface area contributed by atoms with Crippen molar-refractivity contribution in [3.05, 3.63) is 58.5 Å². The monoisotopic (exact) mass is 302 g/mol. The number of carbonyl (C=O) groups excluding carboxylic acids is 1. The van der Waals surface area contributed by atoms with E-state index in [1.54, 1.807) is 24.3 Å². The highest BCUT2D eigenvalue weighted by Gasteiger charge is 2.36. The van der Waals surface area contributed by atoms with Crippen LogP contribution in [0, 0.1) is 5.92 Å². The Bertz CT molecular complexity index is 676. The predicted molar refractivity (Wildman–Crippen MR) is 81.7 cm³/mol. The van der Waals surface area contributed by atoms with Crippen molar-refractivity contribution in [3.63, 3.8) is 0 Å². The van der Waals surface area contributed by atoms with Crippen molar-refractivity contribution in [2.45, 2.75) is 19.3 Å². The fraction of sp³-hybridized carbons (Fsp3) is 0.250. The molecule has 0 radical (unpaired) electrons. The van der Waals surface area contributed by atoms with Gasteiger partial charge in [-0.3, -0.25) is 4.79 Å². The fourth-order valence-electron chi connectivity index (χ4n) is 2.18. The van der Waals surface area contributed by atoms with Crippen LogP contribution in [0.3, 0.4) is 0 Å². The topological polar surface area (TPSA) is 54.6 Å². The Morgan fingerprint density at radius 1 is 1.33 bits per heavy atom. The Balaban J connectivity index is 1.57. The summed E-state index contributed by atoms with van der Waals surface area (Å²) in [4.78, 5) is 11.8. The molecule has 3 rings (SSSR count). The second kappa shape index (κ2) is 5.74. The number of carbonyl (C=O) groups is 1. The van der Waals surface area contributed by atoms with Gasteiger partial charge in [0.2, 0.25) is 0 Å². The minimum absolute atomic E-state index is 0.287. The van der Waals surface area contributed by atoms with E-state index in [0.29, 0.717) is 28.2 Å². The second-order valence-electron chi connectivity index (χ2n) is 5.27. The van der Waals surface area contributed by atoms with Gasteiger partial charge in [0.05, 0.1) is 6.21 Å². The first kappa shape index (κ1) is 13.9. The van der Waals surface area contributed by atoms with Gasteiger partial charge in [-0.2, -0.15) is 5.10 Å². The van der Waals surface area contributed by atoms with Crippen LogP contribution >= 0.6 is 11.6 Å². The highest BCUT2D eigenvalue weighted by molar-refractivity contribution is 6.30. The summed E-state index contributed by atoms with van der Waals surface area (Å²) in [7, 11) is 0. The van der Waals surface area contributed by atoms with Crippen LogP contribution in [-0.2, 0) is 0 Å². The van der Waals surface area contributed by atoms with Crippen LogP contribution in [0.1, 0.15) is 41.1 Å². The van der Waals surface area contributed by atoms with Crippen molar-refractivity contribution < 1.29 is 9.21 Å². The van der Waals surface area contributed by atoms with Crippen molar-refractivity contribution in [1.29, 1.82) is 0 Å². The Morgan fingerprint density at radius 2 is 2.05 bits per heavy atom. The standard InChI is InChI=1S/C16H15ClN2O2/c1-10-8-14(10)15-7-6-13(21-15)9-18-19-16(20)11-2-4-12(17)5-3-11/h2-7,9-10,14H,8H2,1H3,(H,19,20)/b18-9-/t10-,14-/m0/s1. The number of benzene rings is 1. The summed E-state index contributed by atoms with van der Waals surface area (Å²) in [6, 6.07) is 10.4. The van der Waals surface area contributed by atoms with E-state index in [1.165, 1.54) is 12.6 Å². The fourth-order valence-corrected chi connectivity index (χ4v) is 2.30. The molecule has 1 amide bonds. The molecule has 0 aliphatic heterocycles. The summed E-state index contributed by atoms with van der Waals surface area (Å²) >= 11 is 5.77. The Kier molecular flexibility index (Phi) is 3.80. The normalized spacial score (nSPS) is 20.7. The first-order chi connectivity index (χ1) is 10.1. The quantitative estimate of drug-likeness (QED) is 0.689. The molecule has 108 valence electrons. The van der Waals surface area contributed by atoms with Gasteiger partial charge < -0.3 is 4.42 Å². The van der Waals surface area contributed by atoms with Crippen molar-refractivity contribution >= 4 is 23.7 Å². The average molecular weight is 303 g/mol. The van der Waals surface area contributed by atoms with Gasteiger partial charge in [0.15, 0.2) is 0 Å². The number of amides is 1. The van der Waals surface area contributed by atoms with E-state index in [-0.39, 0.29) is 5.91 Å². The Hall–Kier alpha value is -2.07. The van der Waals surface area contributed by atoms with Crippen molar-refractivity contribution in [3.8, 4) is 0 Å². The van der Waals surface area contributed by atoms with Gasteiger partial charge in [-0.25, -0.2) is 5.43 Å². The summed E-state index contributed by atoms with van der Waals surface area (Å²) < 4.78 is 5.66. The summed E-state index contributed by atoms with van der Waals surface area (Å²) in [6.07, 6.45) is 2.68. The molecule has 0 spiro atoms. The van der Waals surface area contributed by atoms with Gasteiger partial charge >= 0.3 is 0 Å². The van der Waals surface area contributed by atoms with Crippen LogP contribution in [0.4, 0.5) is 0 Å². The maximum atomic E-state index is 11.8. The number of nitrogens with zero attached hydrogens (tertiary/aromatic N) is 1. The first-order valence-electron chi connectivity index (χ1n) is 6.82. The molecule has 0 unspecified atom stereocenters. The molecule has 1 aliphatic carbocycles. The van der Waals surface area contributed by atoms with E-state index in [2.05, 4.69) is 17.5 Å². The number of hydrogen-bond donors (Lipinski definition) is 1. The molecule has 1 aromatic heterocycles. The van der Waals surface area contributed by atoms with Gasteiger partial charge in [-0.05, 0) is 48.7 Å². The second-order valence-corrected chi connectivity index (χ2v) is 5.70. The third kappa shape index (κ3) is 3.34. The molecular weight excluding hydrogens is 288 g/mol. The molecule has 1 N–H and O–H groups in total. The average Bonchev–Trinajstić information content (AvgIpc) is 3.01. The van der Waals surface area contributed by atoms with Crippen LogP contribution < -0.4 is 5.43 Å². The number of hydrazone groups is 1. The van der Waals surface area contributed by atoms with Crippen LogP contribution in [0.5, 0.6) is 0 Å². The van der Waals surface area contributed by atoms with E-state index in [1.807, 2.05) is 12.1 Å². The van der Waals surface area contributed by atoms with Crippen LogP contribution in [0.2, 0.25) is 5.02 Å². The highest BCUT2D eigenvalue weighted by Crippen LogP contribution is 2.47. The molecule has 0 bridgehead atoms. The summed E-state index contributed by atoms with van der Waals surface area (Å²) in [6.45, 7) is 2.20. The van der Waals surface area contributed by atoms with Crippen LogP contribution in [-0.4, -0.2) is 12.1 Å². The molecule has 21 heavy (non-hydrogen) atoms. The number of hydrogen-bond acceptors (Lipinski definition) is 3. The van der Waals surface area contributed by atoms with E-state index in [0.717, 1.165) is 5.76 Å². The third-order valence-electron chi connectivity index (χ3n) is 3.59. The predicted octanol–water partition coefficient (Wildman–Crippen LogP) is 3.82. The van der Waals surface area contributed by atoms with Gasteiger partial charge in [0.1, 0.15) is 11.5 Å². The van der Waals surface area contributed by atoms with Gasteiger partial charge in [-0.15, -0.1) is 0 Å². The van der Waals surface area contributed by atoms with Gasteiger partial charge in [0, 0.05) is 16.5 Å². The third-order valence-corrected chi connectivity index (χ3v) is 3.84. The van der Waals surface area contributed by atoms with Gasteiger partial charge in [0.25, 0.3) is 5.91 Å². The van der Waals surface area contributed by atoms with Crippen molar-refractivity contribution in [2.24, 2.45) is 11.0 Å². The molecule has 2 atom stereocenters. The zero-order valence-corrected chi connectivity index (χ0v) is 12.3. The minimum atomic E-state index is -0.287. The molecule has 2 aromatic rings. The number of rotatable bonds is 4. The molecule has 4 nitrogen and oxygen atoms in total. The molecule has 1 aliphatic rings. The Morgan fingerprint density at radius 3 is 2.71 bits per heavy atom. The molecule has 5 heteroatoms. The minimum Gasteiger partial charge on any atom is -0.460 e. The van der Waals surface area contributed by atoms with Crippen molar-refractivity contribution in [2.75, 3.05) is 0 Å². The molecule has 1 fully saturated rings. The highest BCUT2D eigenvalue weighted by atomic mass is 35.5. The van der Waals surface area contributed by atoms with Crippen LogP contribution in [0.25, 0.3) is 0 Å². The number of furan rings is 1. The molecular formula is C16H15ClN2O2. The smallest absolute Gasteiger partial charge is 0.271 e. The maximum absolute atomic E-state index is 11.8. The lowest BCUT2D eigenvalue weighted by Gasteiger charge is -1.99. The number of halogens is 1. The van der Waals surface area contributed by atoms with E-state index in [4.69, 9.17) is 16.0 Å². The van der Waals surface area contributed by atoms with E-state index < -0.39 is 0 Å². The zero-order valence-electron chi connectivity index (χ0n) is 11.5. The van der Waals surface area contributed by atoms with E-state index in [9.17, 15) is 4.79 Å². The molecule has 1 aromatic carbocycles. The van der Waals surface area contributed by atoms with Crippen LogP contribution in [0.15, 0.2) is 45.9 Å². The lowest BCUT2D eigenvalue weighted by atomic mass is 10.2. The SMILES string of the molecule is C[C@H]1C[C@@H]1c1ccc(/C=N\NC(=O)c2ccc(Cl)cc2)o1. The molecule has 0 saturated heterocycles. The number of nitrogens with one attached hydrogen (secondary N) is 1. The summed E-state index contributed by atoms with van der Waals surface area (Å²) in [5.74, 6) is 2.58. The van der Waals surface area contributed by atoms with Gasteiger partial charge in [-0.1, -0.05) is 18.5 Å². The zero-order chi connectivity index (χ0) is 14.8. The lowest BCUT2D eigenvalue weighted by Crippen LogP contribution is -2.17. The summed E-state index contributed by atoms with van der Waals surface area (Å²) in [5.41, 5.74) is 2.96. The first-order valence-corrected chi connectivity index (χ1v) is 7.20. The largest absolute Gasteiger partial charge is 0.460 e. The van der Waals surface area contributed by atoms with E-state index >= 15 is 0 Å². The molecule has 1 saturated carbocycles. The summed E-state index contributed by atoms with van der Waals surface area (Å²) in [5, 5.41) is 4.49. The maximum Gasteiger partial charge on any atom is 0.271 e. The lowest BCUT2D eigenvalue weighted by molar-refractivity contribution is 0.0955. The molecule has 1 heterocycles. The van der Waals surface area contributed by atoms with Crippen molar-refractivity contribution in [1.82, 2.24) is 5.43 Å².